The fourth-order valence-corrected chi connectivity index (χ4v) is 2.85. The van der Waals surface area contributed by atoms with Crippen molar-refractivity contribution in [2.45, 2.75) is 32.2 Å². The second-order valence-corrected chi connectivity index (χ2v) is 5.71. The number of nitrogens with zero attached hydrogens (tertiary/aromatic N) is 5. The lowest BCUT2D eigenvalue weighted by Crippen LogP contribution is -2.32. The molecule has 0 aromatic carbocycles. The van der Waals surface area contributed by atoms with Gasteiger partial charge in [-0.15, -0.1) is 0 Å². The number of methoxy groups -OCH3 is 1. The summed E-state index contributed by atoms with van der Waals surface area (Å²) in [4.78, 5) is 19.6. The zero-order valence-electron chi connectivity index (χ0n) is 13.1. The molecule has 2 aromatic heterocycles. The Morgan fingerprint density at radius 3 is 2.50 bits per heavy atom. The van der Waals surface area contributed by atoms with Crippen LogP contribution in [0.3, 0.4) is 0 Å². The summed E-state index contributed by atoms with van der Waals surface area (Å²) in [6.07, 6.45) is 9.63. The predicted octanol–water partition coefficient (Wildman–Crippen LogP) is 1.96. The van der Waals surface area contributed by atoms with E-state index in [1.807, 2.05) is 31.7 Å². The summed E-state index contributed by atoms with van der Waals surface area (Å²) in [6.45, 7) is 5.00. The number of aryl methyl sites for hydroxylation is 1. The Bertz CT molecular complexity index is 608. The molecule has 0 spiro atoms. The van der Waals surface area contributed by atoms with Crippen LogP contribution in [0, 0.1) is 6.92 Å². The molecule has 1 saturated heterocycles. The second-order valence-electron chi connectivity index (χ2n) is 5.71. The molecule has 116 valence electrons. The summed E-state index contributed by atoms with van der Waals surface area (Å²) in [7, 11) is 1.58. The van der Waals surface area contributed by atoms with Crippen LogP contribution in [0.5, 0.6) is 6.01 Å². The summed E-state index contributed by atoms with van der Waals surface area (Å²) in [5.74, 6) is 0.524. The molecule has 3 rings (SSSR count). The van der Waals surface area contributed by atoms with Crippen molar-refractivity contribution in [2.75, 3.05) is 20.2 Å². The second kappa shape index (κ2) is 6.79. The molecule has 22 heavy (non-hydrogen) atoms. The van der Waals surface area contributed by atoms with Gasteiger partial charge in [0, 0.05) is 42.8 Å². The fraction of sp³-hybridized carbons (Fsp3) is 0.500. The van der Waals surface area contributed by atoms with Crippen molar-refractivity contribution < 1.29 is 4.74 Å². The molecule has 0 bridgehead atoms. The van der Waals surface area contributed by atoms with E-state index in [-0.39, 0.29) is 0 Å². The molecule has 1 aliphatic heterocycles. The number of hydrogen-bond donors (Lipinski definition) is 0. The molecule has 3 heterocycles. The standard InChI is InChI=1S/C16H21N5O/c1-12-7-17-10-15(20-12)14-3-5-21(6-4-14)11-13-8-18-16(22-2)19-9-13/h7-10,14H,3-6,11H2,1-2H3. The Balaban J connectivity index is 1.55. The van der Waals surface area contributed by atoms with Crippen LogP contribution in [0.4, 0.5) is 0 Å². The lowest BCUT2D eigenvalue weighted by molar-refractivity contribution is 0.202. The van der Waals surface area contributed by atoms with E-state index in [1.165, 1.54) is 0 Å². The van der Waals surface area contributed by atoms with Crippen LogP contribution < -0.4 is 4.74 Å². The average Bonchev–Trinajstić information content (AvgIpc) is 2.56. The Labute approximate surface area is 130 Å². The highest BCUT2D eigenvalue weighted by molar-refractivity contribution is 5.10. The van der Waals surface area contributed by atoms with Crippen molar-refractivity contribution in [3.05, 3.63) is 41.7 Å². The van der Waals surface area contributed by atoms with Gasteiger partial charge in [0.2, 0.25) is 0 Å². The van der Waals surface area contributed by atoms with Crippen molar-refractivity contribution in [2.24, 2.45) is 0 Å². The summed E-state index contributed by atoms with van der Waals surface area (Å²) in [5.41, 5.74) is 3.25. The van der Waals surface area contributed by atoms with Gasteiger partial charge < -0.3 is 4.74 Å². The van der Waals surface area contributed by atoms with Crippen molar-refractivity contribution in [1.82, 2.24) is 24.8 Å². The van der Waals surface area contributed by atoms with Gasteiger partial charge in [-0.25, -0.2) is 9.97 Å². The zero-order chi connectivity index (χ0) is 15.4. The molecule has 0 N–H and O–H groups in total. The first-order chi connectivity index (χ1) is 10.7. The number of hydrogen-bond acceptors (Lipinski definition) is 6. The predicted molar refractivity (Wildman–Crippen MR) is 82.6 cm³/mol. The minimum atomic E-state index is 0.417. The van der Waals surface area contributed by atoms with E-state index in [1.54, 1.807) is 7.11 Å². The molecule has 0 aliphatic carbocycles. The van der Waals surface area contributed by atoms with Gasteiger partial charge in [-0.1, -0.05) is 0 Å². The Morgan fingerprint density at radius 2 is 1.86 bits per heavy atom. The summed E-state index contributed by atoms with van der Waals surface area (Å²) >= 11 is 0. The lowest BCUT2D eigenvalue weighted by atomic mass is 9.93. The summed E-state index contributed by atoms with van der Waals surface area (Å²) in [5, 5.41) is 0. The van der Waals surface area contributed by atoms with Crippen molar-refractivity contribution in [3.8, 4) is 6.01 Å². The van der Waals surface area contributed by atoms with Gasteiger partial charge >= 0.3 is 6.01 Å². The molecule has 6 heteroatoms. The van der Waals surface area contributed by atoms with E-state index >= 15 is 0 Å². The largest absolute Gasteiger partial charge is 0.467 e. The number of rotatable bonds is 4. The van der Waals surface area contributed by atoms with Gasteiger partial charge in [0.15, 0.2) is 0 Å². The number of ether oxygens (including phenoxy) is 1. The lowest BCUT2D eigenvalue weighted by Gasteiger charge is -2.31. The van der Waals surface area contributed by atoms with Crippen molar-refractivity contribution >= 4 is 0 Å². The SMILES string of the molecule is COc1ncc(CN2CCC(c3cncc(C)n3)CC2)cn1. The molecule has 0 saturated carbocycles. The molecule has 0 amide bonds. The van der Waals surface area contributed by atoms with Gasteiger partial charge in [0.05, 0.1) is 18.5 Å². The van der Waals surface area contributed by atoms with Crippen LogP contribution in [-0.4, -0.2) is 45.0 Å². The first kappa shape index (κ1) is 14.8. The first-order valence-electron chi connectivity index (χ1n) is 7.60. The van der Waals surface area contributed by atoms with Crippen molar-refractivity contribution in [3.63, 3.8) is 0 Å². The smallest absolute Gasteiger partial charge is 0.316 e. The van der Waals surface area contributed by atoms with Crippen LogP contribution >= 0.6 is 0 Å². The fourth-order valence-electron chi connectivity index (χ4n) is 2.85. The highest BCUT2D eigenvalue weighted by atomic mass is 16.5. The number of aromatic nitrogens is 4. The molecule has 0 unspecified atom stereocenters. The van der Waals surface area contributed by atoms with Gasteiger partial charge in [-0.3, -0.25) is 14.9 Å². The molecule has 6 nitrogen and oxygen atoms in total. The third-order valence-corrected chi connectivity index (χ3v) is 4.05. The number of piperidine rings is 1. The van der Waals surface area contributed by atoms with Gasteiger partial charge in [-0.05, 0) is 32.9 Å². The van der Waals surface area contributed by atoms with Crippen LogP contribution in [0.15, 0.2) is 24.8 Å². The quantitative estimate of drug-likeness (QED) is 0.860. The van der Waals surface area contributed by atoms with E-state index in [4.69, 9.17) is 4.74 Å². The summed E-state index contributed by atoms with van der Waals surface area (Å²) in [6, 6.07) is 0.417. The number of likely N-dealkylation sites (tertiary alicyclic amines) is 1. The molecule has 0 radical (unpaired) electrons. The van der Waals surface area contributed by atoms with Crippen LogP contribution in [0.1, 0.15) is 35.7 Å². The molecular weight excluding hydrogens is 278 g/mol. The van der Waals surface area contributed by atoms with Gasteiger partial charge in [-0.2, -0.15) is 0 Å². The maximum Gasteiger partial charge on any atom is 0.316 e. The van der Waals surface area contributed by atoms with E-state index in [0.29, 0.717) is 11.9 Å². The molecule has 2 aromatic rings. The summed E-state index contributed by atoms with van der Waals surface area (Å²) < 4.78 is 4.98. The minimum Gasteiger partial charge on any atom is -0.467 e. The van der Waals surface area contributed by atoms with Crippen molar-refractivity contribution in [1.29, 1.82) is 0 Å². The monoisotopic (exact) mass is 299 g/mol. The third kappa shape index (κ3) is 3.57. The molecule has 1 aliphatic rings. The normalized spacial score (nSPS) is 16.6. The molecule has 0 atom stereocenters. The van der Waals surface area contributed by atoms with Gasteiger partial charge in [0.1, 0.15) is 0 Å². The first-order valence-corrected chi connectivity index (χ1v) is 7.60. The topological polar surface area (TPSA) is 64.0 Å². The van der Waals surface area contributed by atoms with E-state index in [2.05, 4.69) is 24.8 Å². The van der Waals surface area contributed by atoms with E-state index in [0.717, 1.165) is 49.4 Å². The van der Waals surface area contributed by atoms with E-state index in [9.17, 15) is 0 Å². The average molecular weight is 299 g/mol. The highest BCUT2D eigenvalue weighted by Crippen LogP contribution is 2.27. The molecular formula is C16H21N5O. The molecule has 1 fully saturated rings. The Kier molecular flexibility index (Phi) is 4.58. The minimum absolute atomic E-state index is 0.417. The van der Waals surface area contributed by atoms with Crippen LogP contribution in [0.2, 0.25) is 0 Å². The third-order valence-electron chi connectivity index (χ3n) is 4.05. The zero-order valence-corrected chi connectivity index (χ0v) is 13.1. The Hall–Kier alpha value is -2.08. The van der Waals surface area contributed by atoms with Gasteiger partial charge in [0.25, 0.3) is 0 Å². The maximum atomic E-state index is 4.98. The van der Waals surface area contributed by atoms with E-state index < -0.39 is 0 Å². The van der Waals surface area contributed by atoms with Crippen LogP contribution in [0.25, 0.3) is 0 Å². The maximum absolute atomic E-state index is 4.98. The Morgan fingerprint density at radius 1 is 1.14 bits per heavy atom. The highest BCUT2D eigenvalue weighted by Gasteiger charge is 2.22. The van der Waals surface area contributed by atoms with Crippen LogP contribution in [-0.2, 0) is 6.54 Å².